The number of anilines is 1. The summed E-state index contributed by atoms with van der Waals surface area (Å²) in [6, 6.07) is 7.54. The van der Waals surface area contributed by atoms with Gasteiger partial charge in [-0.3, -0.25) is 4.79 Å². The Kier molecular flexibility index (Phi) is 3.69. The Labute approximate surface area is 121 Å². The van der Waals surface area contributed by atoms with Crippen LogP contribution in [0.3, 0.4) is 0 Å². The molecule has 1 aliphatic rings. The number of aromatic nitrogens is 1. The lowest BCUT2D eigenvalue weighted by atomic mass is 10.1. The van der Waals surface area contributed by atoms with Crippen molar-refractivity contribution in [3.8, 4) is 5.75 Å². The van der Waals surface area contributed by atoms with Crippen molar-refractivity contribution < 1.29 is 9.53 Å². The number of thiazole rings is 1. The lowest BCUT2D eigenvalue weighted by Crippen LogP contribution is -2.14. The smallest absolute Gasteiger partial charge is 0.230 e. The molecule has 2 aromatic rings. The molecule has 1 saturated carbocycles. The maximum Gasteiger partial charge on any atom is 0.230 e. The van der Waals surface area contributed by atoms with E-state index in [1.807, 2.05) is 29.6 Å². The van der Waals surface area contributed by atoms with Gasteiger partial charge in [-0.05, 0) is 30.5 Å². The monoisotopic (exact) mass is 288 g/mol. The second kappa shape index (κ2) is 5.63. The third-order valence-electron chi connectivity index (χ3n) is 3.26. The maximum atomic E-state index is 12.0. The Balaban J connectivity index is 1.60. The van der Waals surface area contributed by atoms with Crippen LogP contribution in [0, 0.1) is 0 Å². The van der Waals surface area contributed by atoms with Gasteiger partial charge >= 0.3 is 0 Å². The van der Waals surface area contributed by atoms with Gasteiger partial charge in [-0.2, -0.15) is 0 Å². The Morgan fingerprint density at radius 3 is 3.10 bits per heavy atom. The van der Waals surface area contributed by atoms with Crippen molar-refractivity contribution in [1.82, 2.24) is 4.98 Å². The van der Waals surface area contributed by atoms with Gasteiger partial charge in [0.05, 0.1) is 19.2 Å². The fourth-order valence-corrected chi connectivity index (χ4v) is 2.85. The number of hydrogen-bond donors (Lipinski definition) is 1. The minimum atomic E-state index is -0.0463. The van der Waals surface area contributed by atoms with Crippen LogP contribution in [0.1, 0.15) is 30.0 Å². The molecule has 0 atom stereocenters. The molecule has 1 heterocycles. The Bertz CT molecular complexity index is 620. The zero-order valence-electron chi connectivity index (χ0n) is 11.3. The highest BCUT2D eigenvalue weighted by Crippen LogP contribution is 2.40. The molecule has 0 radical (unpaired) electrons. The molecule has 0 unspecified atom stereocenters. The third-order valence-corrected chi connectivity index (χ3v) is 4.04. The van der Waals surface area contributed by atoms with Crippen molar-refractivity contribution in [2.75, 3.05) is 12.4 Å². The summed E-state index contributed by atoms with van der Waals surface area (Å²) in [5.41, 5.74) is 2.05. The van der Waals surface area contributed by atoms with E-state index in [0.29, 0.717) is 17.5 Å². The molecule has 3 rings (SSSR count). The van der Waals surface area contributed by atoms with Crippen molar-refractivity contribution >= 4 is 22.4 Å². The molecular weight excluding hydrogens is 272 g/mol. The molecule has 0 bridgehead atoms. The molecule has 4 nitrogen and oxygen atoms in total. The fraction of sp³-hybridized carbons (Fsp3) is 0.333. The number of carbonyl (C=O) groups is 1. The normalized spacial score (nSPS) is 14.1. The number of methoxy groups -OCH3 is 1. The van der Waals surface area contributed by atoms with Crippen LogP contribution in [0.15, 0.2) is 29.6 Å². The van der Waals surface area contributed by atoms with E-state index in [0.717, 1.165) is 17.0 Å². The van der Waals surface area contributed by atoms with Gasteiger partial charge in [0.15, 0.2) is 5.13 Å². The predicted octanol–water partition coefficient (Wildman–Crippen LogP) is 3.21. The average Bonchev–Trinajstić information content (AvgIpc) is 3.20. The van der Waals surface area contributed by atoms with Gasteiger partial charge in [-0.1, -0.05) is 12.1 Å². The van der Waals surface area contributed by atoms with E-state index >= 15 is 0 Å². The van der Waals surface area contributed by atoms with E-state index in [1.54, 1.807) is 7.11 Å². The molecule has 0 saturated heterocycles. The molecule has 20 heavy (non-hydrogen) atoms. The van der Waals surface area contributed by atoms with Crippen LogP contribution in [0.4, 0.5) is 5.13 Å². The highest BCUT2D eigenvalue weighted by molar-refractivity contribution is 7.13. The first kappa shape index (κ1) is 13.1. The van der Waals surface area contributed by atoms with Crippen LogP contribution in [-0.4, -0.2) is 18.0 Å². The predicted molar refractivity (Wildman–Crippen MR) is 79.4 cm³/mol. The zero-order chi connectivity index (χ0) is 13.9. The average molecular weight is 288 g/mol. The summed E-state index contributed by atoms with van der Waals surface area (Å²) in [7, 11) is 1.62. The fourth-order valence-electron chi connectivity index (χ4n) is 2.04. The minimum absolute atomic E-state index is 0.0463. The van der Waals surface area contributed by atoms with E-state index < -0.39 is 0 Å². The van der Waals surface area contributed by atoms with E-state index in [-0.39, 0.29) is 5.91 Å². The topological polar surface area (TPSA) is 51.2 Å². The van der Waals surface area contributed by atoms with Gasteiger partial charge in [0.2, 0.25) is 5.91 Å². The lowest BCUT2D eigenvalue weighted by molar-refractivity contribution is -0.115. The van der Waals surface area contributed by atoms with Crippen LogP contribution in [-0.2, 0) is 11.2 Å². The summed E-state index contributed by atoms with van der Waals surface area (Å²) in [6.45, 7) is 0. The van der Waals surface area contributed by atoms with Crippen molar-refractivity contribution in [2.45, 2.75) is 25.2 Å². The summed E-state index contributed by atoms with van der Waals surface area (Å²) in [4.78, 5) is 16.4. The van der Waals surface area contributed by atoms with Crippen molar-refractivity contribution in [2.24, 2.45) is 0 Å². The number of ether oxygens (including phenoxy) is 1. The number of nitrogens with zero attached hydrogens (tertiary/aromatic N) is 1. The molecule has 1 N–H and O–H groups in total. The van der Waals surface area contributed by atoms with E-state index in [2.05, 4.69) is 10.3 Å². The minimum Gasteiger partial charge on any atom is -0.497 e. The summed E-state index contributed by atoms with van der Waals surface area (Å²) in [5, 5.41) is 5.59. The Hall–Kier alpha value is -1.88. The molecule has 0 aliphatic heterocycles. The largest absolute Gasteiger partial charge is 0.497 e. The van der Waals surface area contributed by atoms with Crippen LogP contribution >= 0.6 is 11.3 Å². The molecule has 1 aliphatic carbocycles. The van der Waals surface area contributed by atoms with Gasteiger partial charge in [0, 0.05) is 11.3 Å². The van der Waals surface area contributed by atoms with Crippen LogP contribution in [0.5, 0.6) is 5.75 Å². The molecule has 1 fully saturated rings. The van der Waals surface area contributed by atoms with Crippen molar-refractivity contribution in [1.29, 1.82) is 0 Å². The van der Waals surface area contributed by atoms with Gasteiger partial charge in [-0.15, -0.1) is 11.3 Å². The van der Waals surface area contributed by atoms with Gasteiger partial charge in [0.25, 0.3) is 0 Å². The van der Waals surface area contributed by atoms with E-state index in [4.69, 9.17) is 4.74 Å². The molecule has 5 heteroatoms. The number of amides is 1. The van der Waals surface area contributed by atoms with Gasteiger partial charge in [0.1, 0.15) is 5.75 Å². The molecule has 1 aromatic heterocycles. The molecule has 104 valence electrons. The maximum absolute atomic E-state index is 12.0. The number of hydrogen-bond acceptors (Lipinski definition) is 4. The second-order valence-electron chi connectivity index (χ2n) is 4.93. The molecule has 0 spiro atoms. The first-order valence-corrected chi connectivity index (χ1v) is 7.51. The van der Waals surface area contributed by atoms with Crippen LogP contribution in [0.25, 0.3) is 0 Å². The van der Waals surface area contributed by atoms with Crippen LogP contribution in [0.2, 0.25) is 0 Å². The van der Waals surface area contributed by atoms with Gasteiger partial charge in [-0.25, -0.2) is 4.98 Å². The quantitative estimate of drug-likeness (QED) is 0.919. The Morgan fingerprint density at radius 1 is 1.50 bits per heavy atom. The molecular formula is C15H16N2O2S. The number of benzene rings is 1. The SMILES string of the molecule is COc1cccc(CC(=O)Nc2nc(C3CC3)cs2)c1. The first-order chi connectivity index (χ1) is 9.74. The highest BCUT2D eigenvalue weighted by Gasteiger charge is 2.26. The zero-order valence-corrected chi connectivity index (χ0v) is 12.1. The number of rotatable bonds is 5. The van der Waals surface area contributed by atoms with E-state index in [9.17, 15) is 4.79 Å². The Morgan fingerprint density at radius 2 is 2.35 bits per heavy atom. The third kappa shape index (κ3) is 3.17. The standard InChI is InChI=1S/C15H16N2O2S/c1-19-12-4-2-3-10(7-12)8-14(18)17-15-16-13(9-20-15)11-5-6-11/h2-4,7,9,11H,5-6,8H2,1H3,(H,16,17,18). The van der Waals surface area contributed by atoms with Crippen molar-refractivity contribution in [3.63, 3.8) is 0 Å². The summed E-state index contributed by atoms with van der Waals surface area (Å²) < 4.78 is 5.15. The first-order valence-electron chi connectivity index (χ1n) is 6.63. The highest BCUT2D eigenvalue weighted by atomic mass is 32.1. The van der Waals surface area contributed by atoms with Crippen LogP contribution < -0.4 is 10.1 Å². The lowest BCUT2D eigenvalue weighted by Gasteiger charge is -2.04. The number of nitrogens with one attached hydrogen (secondary N) is 1. The van der Waals surface area contributed by atoms with Crippen molar-refractivity contribution in [3.05, 3.63) is 40.9 Å². The summed E-state index contributed by atoms with van der Waals surface area (Å²) >= 11 is 1.50. The second-order valence-corrected chi connectivity index (χ2v) is 5.79. The summed E-state index contributed by atoms with van der Waals surface area (Å²) in [5.74, 6) is 1.34. The summed E-state index contributed by atoms with van der Waals surface area (Å²) in [6.07, 6.45) is 2.78. The molecule has 1 amide bonds. The number of carbonyl (C=O) groups excluding carboxylic acids is 1. The van der Waals surface area contributed by atoms with Gasteiger partial charge < -0.3 is 10.1 Å². The molecule has 1 aromatic carbocycles. The van der Waals surface area contributed by atoms with E-state index in [1.165, 1.54) is 24.2 Å².